The smallest absolute Gasteiger partial charge is 0.406 e. The average Bonchev–Trinajstić information content (AvgIpc) is 2.79. The van der Waals surface area contributed by atoms with Crippen molar-refractivity contribution in [3.8, 4) is 16.9 Å². The summed E-state index contributed by atoms with van der Waals surface area (Å²) in [5, 5.41) is 11.2. The molecular formula is C25H25F3N4O3. The minimum absolute atomic E-state index is 0.0761. The van der Waals surface area contributed by atoms with Crippen LogP contribution in [0.1, 0.15) is 29.9 Å². The first-order valence-electron chi connectivity index (χ1n) is 11.1. The predicted molar refractivity (Wildman–Crippen MR) is 126 cm³/mol. The van der Waals surface area contributed by atoms with Crippen LogP contribution in [0.2, 0.25) is 0 Å². The number of halogens is 3. The number of nitrogens with zero attached hydrogens (tertiary/aromatic N) is 3. The van der Waals surface area contributed by atoms with Gasteiger partial charge in [0.1, 0.15) is 5.75 Å². The Labute approximate surface area is 200 Å². The minimum atomic E-state index is -4.75. The second-order valence-corrected chi connectivity index (χ2v) is 8.44. The molecule has 3 aromatic rings. The van der Waals surface area contributed by atoms with E-state index in [4.69, 9.17) is 4.74 Å². The third-order valence-electron chi connectivity index (χ3n) is 5.61. The minimum Gasteiger partial charge on any atom is -0.406 e. The number of anilines is 2. The fourth-order valence-electron chi connectivity index (χ4n) is 4.09. The number of morpholine rings is 1. The number of rotatable bonds is 5. The van der Waals surface area contributed by atoms with Crippen LogP contribution in [0.4, 0.5) is 24.7 Å². The average molecular weight is 486 g/mol. The van der Waals surface area contributed by atoms with Crippen molar-refractivity contribution in [1.82, 2.24) is 10.2 Å². The second kappa shape index (κ2) is 9.91. The summed E-state index contributed by atoms with van der Waals surface area (Å²) >= 11 is 0. The first-order chi connectivity index (χ1) is 16.6. The van der Waals surface area contributed by atoms with Crippen molar-refractivity contribution in [2.75, 3.05) is 23.3 Å². The van der Waals surface area contributed by atoms with Crippen LogP contribution in [0.15, 0.2) is 54.6 Å². The number of carbonyl (C=O) groups excluding carboxylic acids is 1. The maximum absolute atomic E-state index is 12.8. The summed E-state index contributed by atoms with van der Waals surface area (Å²) in [5.74, 6) is -0.0343. The van der Waals surface area contributed by atoms with E-state index in [9.17, 15) is 18.0 Å². The van der Waals surface area contributed by atoms with Crippen LogP contribution in [0.5, 0.6) is 5.75 Å². The highest BCUT2D eigenvalue weighted by Gasteiger charge is 2.31. The Morgan fingerprint density at radius 2 is 1.71 bits per heavy atom. The molecule has 0 bridgehead atoms. The topological polar surface area (TPSA) is 76.6 Å². The Morgan fingerprint density at radius 3 is 2.31 bits per heavy atom. The normalized spacial score (nSPS) is 18.3. The molecule has 1 amide bonds. The van der Waals surface area contributed by atoms with Crippen molar-refractivity contribution in [3.05, 3.63) is 65.9 Å². The maximum atomic E-state index is 12.8. The van der Waals surface area contributed by atoms with Gasteiger partial charge in [0.2, 0.25) is 0 Å². The van der Waals surface area contributed by atoms with E-state index in [1.54, 1.807) is 24.3 Å². The Morgan fingerprint density at radius 1 is 1.03 bits per heavy atom. The first-order valence-corrected chi connectivity index (χ1v) is 11.1. The molecular weight excluding hydrogens is 461 g/mol. The van der Waals surface area contributed by atoms with Gasteiger partial charge in [0.25, 0.3) is 5.91 Å². The molecule has 1 aliphatic heterocycles. The van der Waals surface area contributed by atoms with Crippen molar-refractivity contribution in [2.45, 2.75) is 39.3 Å². The van der Waals surface area contributed by atoms with E-state index in [2.05, 4.69) is 25.2 Å². The van der Waals surface area contributed by atoms with E-state index >= 15 is 0 Å². The molecule has 0 spiro atoms. The lowest BCUT2D eigenvalue weighted by molar-refractivity contribution is -0.274. The molecule has 1 aliphatic rings. The summed E-state index contributed by atoms with van der Waals surface area (Å²) in [5.41, 5.74) is 2.93. The number of ether oxygens (including phenoxy) is 2. The van der Waals surface area contributed by atoms with Gasteiger partial charge in [-0.05, 0) is 67.8 Å². The van der Waals surface area contributed by atoms with Crippen LogP contribution in [-0.2, 0) is 4.74 Å². The molecule has 0 aliphatic carbocycles. The van der Waals surface area contributed by atoms with Gasteiger partial charge in [-0.3, -0.25) is 4.79 Å². The molecule has 7 nitrogen and oxygen atoms in total. The molecule has 2 aromatic carbocycles. The molecule has 4 rings (SSSR count). The quantitative estimate of drug-likeness (QED) is 0.533. The molecule has 10 heteroatoms. The maximum Gasteiger partial charge on any atom is 0.573 e. The van der Waals surface area contributed by atoms with Gasteiger partial charge in [-0.2, -0.15) is 0 Å². The van der Waals surface area contributed by atoms with Crippen molar-refractivity contribution < 1.29 is 27.4 Å². The lowest BCUT2D eigenvalue weighted by atomic mass is 9.99. The number of aromatic nitrogens is 2. The largest absolute Gasteiger partial charge is 0.573 e. The zero-order valence-electron chi connectivity index (χ0n) is 19.5. The van der Waals surface area contributed by atoms with Gasteiger partial charge in [0.15, 0.2) is 11.5 Å². The molecule has 0 saturated carbocycles. The van der Waals surface area contributed by atoms with E-state index in [0.29, 0.717) is 30.2 Å². The molecule has 1 N–H and O–H groups in total. The Balaban J connectivity index is 1.47. The summed E-state index contributed by atoms with van der Waals surface area (Å²) in [6.45, 7) is 7.21. The zero-order chi connectivity index (χ0) is 25.2. The van der Waals surface area contributed by atoms with E-state index in [1.165, 1.54) is 24.3 Å². The molecule has 2 heterocycles. The SMILES string of the molecule is Cc1c(NC(=O)c2ccc(N3CC(C)OC(C)C3)nn2)cccc1-c1ccc(OC(F)(F)F)cc1. The van der Waals surface area contributed by atoms with Gasteiger partial charge in [-0.25, -0.2) is 0 Å². The number of carbonyl (C=O) groups is 1. The highest BCUT2D eigenvalue weighted by molar-refractivity contribution is 6.03. The summed E-state index contributed by atoms with van der Waals surface area (Å²) in [4.78, 5) is 14.9. The summed E-state index contributed by atoms with van der Waals surface area (Å²) in [7, 11) is 0. The highest BCUT2D eigenvalue weighted by Crippen LogP contribution is 2.31. The molecule has 1 saturated heterocycles. The summed E-state index contributed by atoms with van der Waals surface area (Å²) < 4.78 is 46.9. The van der Waals surface area contributed by atoms with E-state index < -0.39 is 12.3 Å². The van der Waals surface area contributed by atoms with Gasteiger partial charge in [-0.15, -0.1) is 23.4 Å². The molecule has 35 heavy (non-hydrogen) atoms. The fourth-order valence-corrected chi connectivity index (χ4v) is 4.09. The molecule has 2 unspecified atom stereocenters. The van der Waals surface area contributed by atoms with Crippen molar-refractivity contribution in [1.29, 1.82) is 0 Å². The second-order valence-electron chi connectivity index (χ2n) is 8.44. The molecule has 1 aromatic heterocycles. The number of alkyl halides is 3. The van der Waals surface area contributed by atoms with Crippen LogP contribution in [0.25, 0.3) is 11.1 Å². The van der Waals surface area contributed by atoms with Gasteiger partial charge < -0.3 is 19.7 Å². The van der Waals surface area contributed by atoms with Crippen molar-refractivity contribution in [2.24, 2.45) is 0 Å². The van der Waals surface area contributed by atoms with Gasteiger partial charge >= 0.3 is 6.36 Å². The highest BCUT2D eigenvalue weighted by atomic mass is 19.4. The Hall–Kier alpha value is -3.66. The molecule has 2 atom stereocenters. The third-order valence-corrected chi connectivity index (χ3v) is 5.61. The lowest BCUT2D eigenvalue weighted by Gasteiger charge is -2.35. The van der Waals surface area contributed by atoms with Crippen LogP contribution in [0, 0.1) is 6.92 Å². The monoisotopic (exact) mass is 486 g/mol. The van der Waals surface area contributed by atoms with Crippen LogP contribution >= 0.6 is 0 Å². The van der Waals surface area contributed by atoms with Crippen molar-refractivity contribution in [3.63, 3.8) is 0 Å². The fraction of sp³-hybridized carbons (Fsp3) is 0.320. The Kier molecular flexibility index (Phi) is 6.93. The Bertz CT molecular complexity index is 1170. The number of nitrogens with one attached hydrogen (secondary N) is 1. The zero-order valence-corrected chi connectivity index (χ0v) is 19.5. The number of hydrogen-bond donors (Lipinski definition) is 1. The van der Waals surface area contributed by atoms with Gasteiger partial charge in [0.05, 0.1) is 12.2 Å². The molecule has 1 fully saturated rings. The summed E-state index contributed by atoms with van der Waals surface area (Å²) in [6.07, 6.45) is -4.60. The lowest BCUT2D eigenvalue weighted by Crippen LogP contribution is -2.46. The third kappa shape index (κ3) is 6.07. The van der Waals surface area contributed by atoms with Crippen molar-refractivity contribution >= 4 is 17.4 Å². The van der Waals surface area contributed by atoms with Gasteiger partial charge in [-0.1, -0.05) is 24.3 Å². The van der Waals surface area contributed by atoms with Gasteiger partial charge in [0, 0.05) is 18.8 Å². The van der Waals surface area contributed by atoms with Crippen LogP contribution in [0.3, 0.4) is 0 Å². The number of benzene rings is 2. The molecule has 184 valence electrons. The van der Waals surface area contributed by atoms with E-state index in [0.717, 1.165) is 11.1 Å². The molecule has 0 radical (unpaired) electrons. The summed E-state index contributed by atoms with van der Waals surface area (Å²) in [6, 6.07) is 14.3. The first kappa shape index (κ1) is 24.5. The predicted octanol–water partition coefficient (Wildman–Crippen LogP) is 5.22. The van der Waals surface area contributed by atoms with E-state index in [1.807, 2.05) is 26.8 Å². The van der Waals surface area contributed by atoms with Crippen LogP contribution in [-0.4, -0.2) is 47.8 Å². The van der Waals surface area contributed by atoms with E-state index in [-0.39, 0.29) is 23.7 Å². The van der Waals surface area contributed by atoms with Crippen LogP contribution < -0.4 is 15.0 Å². The number of hydrogen-bond acceptors (Lipinski definition) is 6. The number of amides is 1. The standard InChI is InChI=1S/C25H25F3N4O3/c1-15-13-32(14-16(2)34-15)23-12-11-22(30-31-23)24(33)29-21-6-4-5-20(17(21)3)18-7-9-19(10-8-18)35-25(26,27)28/h4-12,15-16H,13-14H2,1-3H3,(H,29,33).